The minimum absolute atomic E-state index is 0.0258. The maximum absolute atomic E-state index is 14.1. The lowest BCUT2D eigenvalue weighted by Crippen LogP contribution is -2.47. The Bertz CT molecular complexity index is 991. The van der Waals surface area contributed by atoms with Gasteiger partial charge in [0.1, 0.15) is 5.69 Å². The molecule has 0 spiro atoms. The van der Waals surface area contributed by atoms with Gasteiger partial charge in [0.2, 0.25) is 0 Å². The van der Waals surface area contributed by atoms with Gasteiger partial charge in [0.05, 0.1) is 5.69 Å². The normalized spacial score (nSPS) is 20.8. The van der Waals surface area contributed by atoms with E-state index in [4.69, 9.17) is 0 Å². The molecule has 6 nitrogen and oxygen atoms in total. The molecular weight excluding hydrogens is 412 g/mol. The molecule has 1 saturated heterocycles. The highest BCUT2D eigenvalue weighted by Crippen LogP contribution is 2.35. The van der Waals surface area contributed by atoms with E-state index in [0.29, 0.717) is 31.2 Å². The Hall–Kier alpha value is -2.34. The summed E-state index contributed by atoms with van der Waals surface area (Å²) in [6.07, 6.45) is 11.7. The van der Waals surface area contributed by atoms with Crippen LogP contribution in [-0.4, -0.2) is 46.1 Å². The van der Waals surface area contributed by atoms with Gasteiger partial charge in [-0.1, -0.05) is 68.9 Å². The first-order chi connectivity index (χ1) is 16.2. The first-order valence-electron chi connectivity index (χ1n) is 13.1. The monoisotopic (exact) mass is 450 g/mol. The standard InChI is InChI=1S/C27H38N4O2/c32-26(29-18-16-28-17-19-29)25-24(22-12-6-2-7-13-22)31(23-14-8-3-9-15-23)27(33)30(25)20-21-10-4-1-5-11-21/h2,6-7,12-13,21,23,28H,1,3-5,8-11,14-20H2. The number of hydrogen-bond acceptors (Lipinski definition) is 3. The Morgan fingerprint density at radius 2 is 1.52 bits per heavy atom. The third-order valence-corrected chi connectivity index (χ3v) is 7.93. The van der Waals surface area contributed by atoms with Crippen LogP contribution in [0.25, 0.3) is 11.3 Å². The fraction of sp³-hybridized carbons (Fsp3) is 0.630. The van der Waals surface area contributed by atoms with Gasteiger partial charge >= 0.3 is 5.69 Å². The smallest absolute Gasteiger partial charge is 0.329 e. The molecule has 2 saturated carbocycles. The van der Waals surface area contributed by atoms with Gasteiger partial charge in [-0.3, -0.25) is 13.9 Å². The van der Waals surface area contributed by atoms with E-state index in [1.54, 1.807) is 0 Å². The molecule has 1 aromatic heterocycles. The van der Waals surface area contributed by atoms with Crippen LogP contribution >= 0.6 is 0 Å². The van der Waals surface area contributed by atoms with Crippen molar-refractivity contribution in [2.24, 2.45) is 5.92 Å². The van der Waals surface area contributed by atoms with Gasteiger partial charge < -0.3 is 10.2 Å². The molecule has 2 aromatic rings. The van der Waals surface area contributed by atoms with Crippen molar-refractivity contribution in [1.29, 1.82) is 0 Å². The minimum Gasteiger partial charge on any atom is -0.335 e. The van der Waals surface area contributed by atoms with Crippen LogP contribution in [0, 0.1) is 5.92 Å². The summed E-state index contributed by atoms with van der Waals surface area (Å²) in [7, 11) is 0. The summed E-state index contributed by atoms with van der Waals surface area (Å²) in [4.78, 5) is 30.1. The summed E-state index contributed by atoms with van der Waals surface area (Å²) in [5, 5.41) is 3.35. The van der Waals surface area contributed by atoms with E-state index in [-0.39, 0.29) is 17.6 Å². The fourth-order valence-corrected chi connectivity index (χ4v) is 6.14. The summed E-state index contributed by atoms with van der Waals surface area (Å²) in [6, 6.07) is 10.3. The molecule has 0 unspecified atom stereocenters. The summed E-state index contributed by atoms with van der Waals surface area (Å²) >= 11 is 0. The third kappa shape index (κ3) is 4.68. The van der Waals surface area contributed by atoms with E-state index in [1.807, 2.05) is 32.2 Å². The van der Waals surface area contributed by atoms with Gasteiger partial charge in [0.15, 0.2) is 0 Å². The first kappa shape index (κ1) is 22.5. The number of carbonyl (C=O) groups excluding carboxylic acids is 1. The highest BCUT2D eigenvalue weighted by Gasteiger charge is 2.33. The number of piperazine rings is 1. The Balaban J connectivity index is 1.66. The third-order valence-electron chi connectivity index (χ3n) is 7.93. The molecule has 3 aliphatic rings. The number of rotatable bonds is 5. The van der Waals surface area contributed by atoms with Crippen LogP contribution in [0.1, 0.15) is 80.7 Å². The molecule has 0 atom stereocenters. The number of hydrogen-bond donors (Lipinski definition) is 1. The number of amides is 1. The minimum atomic E-state index is 0.0258. The number of nitrogens with zero attached hydrogens (tertiary/aromatic N) is 3. The van der Waals surface area contributed by atoms with E-state index in [1.165, 1.54) is 25.7 Å². The predicted molar refractivity (Wildman–Crippen MR) is 132 cm³/mol. The lowest BCUT2D eigenvalue weighted by atomic mass is 9.89. The topological polar surface area (TPSA) is 59.3 Å². The molecular formula is C27H38N4O2. The number of imidazole rings is 1. The van der Waals surface area contributed by atoms with E-state index < -0.39 is 0 Å². The second-order valence-corrected chi connectivity index (χ2v) is 10.2. The van der Waals surface area contributed by atoms with E-state index in [9.17, 15) is 9.59 Å². The summed E-state index contributed by atoms with van der Waals surface area (Å²) in [5.74, 6) is 0.509. The van der Waals surface area contributed by atoms with Gasteiger partial charge in [0, 0.05) is 44.3 Å². The number of nitrogens with one attached hydrogen (secondary N) is 1. The molecule has 1 amide bonds. The van der Waals surface area contributed by atoms with E-state index in [0.717, 1.165) is 62.9 Å². The highest BCUT2D eigenvalue weighted by molar-refractivity contribution is 5.98. The zero-order valence-corrected chi connectivity index (χ0v) is 19.8. The van der Waals surface area contributed by atoms with Crippen LogP contribution in [0.4, 0.5) is 0 Å². The Kier molecular flexibility index (Phi) is 7.00. The van der Waals surface area contributed by atoms with Gasteiger partial charge in [-0.25, -0.2) is 4.79 Å². The van der Waals surface area contributed by atoms with Crippen LogP contribution < -0.4 is 11.0 Å². The molecule has 1 aromatic carbocycles. The zero-order chi connectivity index (χ0) is 22.6. The number of aromatic nitrogens is 2. The SMILES string of the molecule is O=C(c1c(-c2ccccc2)n(C2CCCCC2)c(=O)n1CC1CCCCC1)N1CCNCC1. The Labute approximate surface area is 197 Å². The van der Waals surface area contributed by atoms with Crippen LogP contribution in [0.2, 0.25) is 0 Å². The van der Waals surface area contributed by atoms with E-state index >= 15 is 0 Å². The summed E-state index contributed by atoms with van der Waals surface area (Å²) in [6.45, 7) is 3.68. The van der Waals surface area contributed by atoms with Gasteiger partial charge in [-0.2, -0.15) is 0 Å². The molecule has 0 radical (unpaired) electrons. The van der Waals surface area contributed by atoms with Crippen molar-refractivity contribution >= 4 is 5.91 Å². The maximum Gasteiger partial charge on any atom is 0.329 e. The van der Waals surface area contributed by atoms with Crippen molar-refractivity contribution in [2.45, 2.75) is 76.8 Å². The molecule has 33 heavy (non-hydrogen) atoms. The van der Waals surface area contributed by atoms with Gasteiger partial charge in [-0.05, 0) is 31.6 Å². The lowest BCUT2D eigenvalue weighted by molar-refractivity contribution is 0.0723. The molecule has 2 heterocycles. The van der Waals surface area contributed by atoms with Crippen LogP contribution in [0.3, 0.4) is 0 Å². The van der Waals surface area contributed by atoms with Crippen molar-refractivity contribution in [3.63, 3.8) is 0 Å². The van der Waals surface area contributed by atoms with Gasteiger partial charge in [0.25, 0.3) is 5.91 Å². The largest absolute Gasteiger partial charge is 0.335 e. The highest BCUT2D eigenvalue weighted by atomic mass is 16.2. The van der Waals surface area contributed by atoms with Crippen molar-refractivity contribution in [1.82, 2.24) is 19.4 Å². The fourth-order valence-electron chi connectivity index (χ4n) is 6.14. The molecule has 3 fully saturated rings. The Morgan fingerprint density at radius 3 is 2.18 bits per heavy atom. The zero-order valence-electron chi connectivity index (χ0n) is 19.8. The summed E-state index contributed by atoms with van der Waals surface area (Å²) in [5.41, 5.74) is 2.50. The molecule has 1 aliphatic heterocycles. The van der Waals surface area contributed by atoms with Crippen molar-refractivity contribution in [2.75, 3.05) is 26.2 Å². The quantitative estimate of drug-likeness (QED) is 0.732. The molecule has 6 heteroatoms. The lowest BCUT2D eigenvalue weighted by Gasteiger charge is -2.29. The van der Waals surface area contributed by atoms with Crippen molar-refractivity contribution in [3.05, 3.63) is 46.5 Å². The van der Waals surface area contributed by atoms with E-state index in [2.05, 4.69) is 17.4 Å². The Morgan fingerprint density at radius 1 is 0.879 bits per heavy atom. The summed E-state index contributed by atoms with van der Waals surface area (Å²) < 4.78 is 3.91. The number of carbonyl (C=O) groups is 1. The maximum atomic E-state index is 14.1. The van der Waals surface area contributed by atoms with Crippen molar-refractivity contribution in [3.8, 4) is 11.3 Å². The molecule has 1 N–H and O–H groups in total. The first-order valence-corrected chi connectivity index (χ1v) is 13.1. The van der Waals surface area contributed by atoms with Crippen LogP contribution in [0.5, 0.6) is 0 Å². The molecule has 178 valence electrons. The second-order valence-electron chi connectivity index (χ2n) is 10.2. The molecule has 5 rings (SSSR count). The van der Waals surface area contributed by atoms with Crippen LogP contribution in [0.15, 0.2) is 35.1 Å². The average Bonchev–Trinajstić information content (AvgIpc) is 3.17. The average molecular weight is 451 g/mol. The second kappa shape index (κ2) is 10.3. The van der Waals surface area contributed by atoms with Crippen LogP contribution in [-0.2, 0) is 6.54 Å². The molecule has 0 bridgehead atoms. The van der Waals surface area contributed by atoms with Crippen molar-refractivity contribution < 1.29 is 4.79 Å². The molecule has 2 aliphatic carbocycles. The number of benzene rings is 1. The predicted octanol–water partition coefficient (Wildman–Crippen LogP) is 4.45. The van der Waals surface area contributed by atoms with Gasteiger partial charge in [-0.15, -0.1) is 0 Å².